The van der Waals surface area contributed by atoms with Crippen LogP contribution in [0, 0.1) is 17.5 Å². The molecule has 0 unspecified atom stereocenters. The molecule has 1 amide bonds. The van der Waals surface area contributed by atoms with Crippen LogP contribution >= 0.6 is 11.6 Å². The summed E-state index contributed by atoms with van der Waals surface area (Å²) in [5, 5.41) is 2.24. The minimum absolute atomic E-state index is 0.0987. The molecular weight excluding hydrogens is 347 g/mol. The lowest BCUT2D eigenvalue weighted by atomic mass is 10.2. The maximum atomic E-state index is 13.6. The Bertz CT molecular complexity index is 798. The van der Waals surface area contributed by atoms with E-state index in [-0.39, 0.29) is 10.7 Å². The first-order valence-corrected chi connectivity index (χ1v) is 7.07. The normalized spacial score (nSPS) is 11.7. The SMILES string of the molecule is C[C@H](OC(=O)c1ccc(Cl)cc1F)C(=O)Nc1ccc(F)cc1F. The summed E-state index contributed by atoms with van der Waals surface area (Å²) in [6.07, 6.45) is -1.34. The first-order valence-electron chi connectivity index (χ1n) is 6.70. The fourth-order valence-corrected chi connectivity index (χ4v) is 1.92. The zero-order valence-electron chi connectivity index (χ0n) is 12.3. The summed E-state index contributed by atoms with van der Waals surface area (Å²) in [7, 11) is 0. The third kappa shape index (κ3) is 4.26. The number of hydrogen-bond acceptors (Lipinski definition) is 3. The van der Waals surface area contributed by atoms with Crippen LogP contribution in [0.3, 0.4) is 0 Å². The number of rotatable bonds is 4. The highest BCUT2D eigenvalue weighted by atomic mass is 35.5. The summed E-state index contributed by atoms with van der Waals surface area (Å²) < 4.78 is 44.7. The van der Waals surface area contributed by atoms with Crippen molar-refractivity contribution in [1.29, 1.82) is 0 Å². The first-order chi connectivity index (χ1) is 11.3. The van der Waals surface area contributed by atoms with Gasteiger partial charge in [0.1, 0.15) is 17.5 Å². The molecule has 126 valence electrons. The number of amides is 1. The summed E-state index contributed by atoms with van der Waals surface area (Å²) in [6.45, 7) is 1.22. The molecule has 2 aromatic rings. The minimum atomic E-state index is -1.34. The van der Waals surface area contributed by atoms with Gasteiger partial charge in [-0.3, -0.25) is 4.79 Å². The van der Waals surface area contributed by atoms with E-state index in [1.165, 1.54) is 13.0 Å². The average Bonchev–Trinajstić information content (AvgIpc) is 2.49. The van der Waals surface area contributed by atoms with Gasteiger partial charge in [0.2, 0.25) is 0 Å². The number of halogens is 4. The number of ether oxygens (including phenoxy) is 1. The van der Waals surface area contributed by atoms with Crippen molar-refractivity contribution in [1.82, 2.24) is 0 Å². The molecule has 2 rings (SSSR count). The number of nitrogens with one attached hydrogen (secondary N) is 1. The molecule has 0 saturated carbocycles. The summed E-state index contributed by atoms with van der Waals surface area (Å²) in [5.74, 6) is -4.62. The average molecular weight is 358 g/mol. The van der Waals surface area contributed by atoms with Crippen LogP contribution in [-0.2, 0) is 9.53 Å². The molecule has 0 aliphatic carbocycles. The molecule has 0 spiro atoms. The number of hydrogen-bond donors (Lipinski definition) is 1. The van der Waals surface area contributed by atoms with Crippen molar-refractivity contribution >= 4 is 29.2 Å². The molecule has 0 aliphatic rings. The fraction of sp³-hybridized carbons (Fsp3) is 0.125. The second-order valence-electron chi connectivity index (χ2n) is 4.79. The number of carbonyl (C=O) groups is 2. The van der Waals surface area contributed by atoms with Crippen LogP contribution in [0.1, 0.15) is 17.3 Å². The van der Waals surface area contributed by atoms with Gasteiger partial charge in [0, 0.05) is 11.1 Å². The van der Waals surface area contributed by atoms with Crippen LogP contribution in [0.4, 0.5) is 18.9 Å². The van der Waals surface area contributed by atoms with E-state index in [0.717, 1.165) is 24.3 Å². The second-order valence-corrected chi connectivity index (χ2v) is 5.22. The predicted molar refractivity (Wildman–Crippen MR) is 81.3 cm³/mol. The summed E-state index contributed by atoms with van der Waals surface area (Å²) >= 11 is 5.58. The van der Waals surface area contributed by atoms with Crippen LogP contribution in [0.15, 0.2) is 36.4 Å². The fourth-order valence-electron chi connectivity index (χ4n) is 1.76. The quantitative estimate of drug-likeness (QED) is 0.843. The van der Waals surface area contributed by atoms with E-state index in [0.29, 0.717) is 6.07 Å². The van der Waals surface area contributed by atoms with Gasteiger partial charge in [-0.1, -0.05) is 11.6 Å². The molecule has 4 nitrogen and oxygen atoms in total. The van der Waals surface area contributed by atoms with Crippen LogP contribution in [-0.4, -0.2) is 18.0 Å². The van der Waals surface area contributed by atoms with Gasteiger partial charge >= 0.3 is 5.97 Å². The maximum absolute atomic E-state index is 13.6. The van der Waals surface area contributed by atoms with Gasteiger partial charge in [0.15, 0.2) is 6.10 Å². The zero-order valence-corrected chi connectivity index (χ0v) is 13.0. The van der Waals surface area contributed by atoms with Gasteiger partial charge in [0.25, 0.3) is 5.91 Å². The van der Waals surface area contributed by atoms with Gasteiger partial charge in [-0.2, -0.15) is 0 Å². The molecule has 24 heavy (non-hydrogen) atoms. The highest BCUT2D eigenvalue weighted by Gasteiger charge is 2.22. The zero-order chi connectivity index (χ0) is 17.9. The van der Waals surface area contributed by atoms with E-state index in [1.807, 2.05) is 0 Å². The molecule has 0 heterocycles. The maximum Gasteiger partial charge on any atom is 0.341 e. The lowest BCUT2D eigenvalue weighted by molar-refractivity contribution is -0.123. The molecular formula is C16H11ClF3NO3. The monoisotopic (exact) mass is 357 g/mol. The van der Waals surface area contributed by atoms with Crippen molar-refractivity contribution in [2.75, 3.05) is 5.32 Å². The van der Waals surface area contributed by atoms with E-state index >= 15 is 0 Å². The smallest absolute Gasteiger partial charge is 0.341 e. The third-order valence-corrected chi connectivity index (χ3v) is 3.23. The number of esters is 1. The first kappa shape index (κ1) is 17.8. The van der Waals surface area contributed by atoms with E-state index in [9.17, 15) is 22.8 Å². The Morgan fingerprint density at radius 2 is 1.79 bits per heavy atom. The van der Waals surface area contributed by atoms with Gasteiger partial charge in [-0.05, 0) is 37.3 Å². The molecule has 1 N–H and O–H groups in total. The minimum Gasteiger partial charge on any atom is -0.449 e. The van der Waals surface area contributed by atoms with Crippen molar-refractivity contribution in [2.45, 2.75) is 13.0 Å². The Hall–Kier alpha value is -2.54. The molecule has 0 fully saturated rings. The second kappa shape index (κ2) is 7.35. The predicted octanol–water partition coefficient (Wildman–Crippen LogP) is 3.94. The Morgan fingerprint density at radius 1 is 1.08 bits per heavy atom. The number of benzene rings is 2. The van der Waals surface area contributed by atoms with Crippen LogP contribution < -0.4 is 5.32 Å². The molecule has 0 aliphatic heterocycles. The van der Waals surface area contributed by atoms with Crippen molar-refractivity contribution in [3.05, 3.63) is 64.4 Å². The number of anilines is 1. The van der Waals surface area contributed by atoms with Crippen LogP contribution in [0.25, 0.3) is 0 Å². The Morgan fingerprint density at radius 3 is 2.42 bits per heavy atom. The van der Waals surface area contributed by atoms with Crippen LogP contribution in [0.2, 0.25) is 5.02 Å². The van der Waals surface area contributed by atoms with Crippen molar-refractivity contribution in [3.8, 4) is 0 Å². The van der Waals surface area contributed by atoms with Gasteiger partial charge in [0.05, 0.1) is 11.3 Å². The highest BCUT2D eigenvalue weighted by molar-refractivity contribution is 6.30. The molecule has 0 saturated heterocycles. The van der Waals surface area contributed by atoms with Crippen LogP contribution in [0.5, 0.6) is 0 Å². The lowest BCUT2D eigenvalue weighted by Gasteiger charge is -2.14. The standard InChI is InChI=1S/C16H11ClF3NO3/c1-8(15(22)21-14-5-3-10(18)7-13(14)20)24-16(23)11-4-2-9(17)6-12(11)19/h2-8H,1H3,(H,21,22)/t8-/m0/s1. The van der Waals surface area contributed by atoms with E-state index < -0.39 is 41.0 Å². The lowest BCUT2D eigenvalue weighted by Crippen LogP contribution is -2.30. The van der Waals surface area contributed by atoms with Crippen molar-refractivity contribution in [3.63, 3.8) is 0 Å². The van der Waals surface area contributed by atoms with Crippen molar-refractivity contribution < 1.29 is 27.5 Å². The van der Waals surface area contributed by atoms with Gasteiger partial charge in [-0.15, -0.1) is 0 Å². The molecule has 0 radical (unpaired) electrons. The Labute approximate surface area is 140 Å². The molecule has 0 aromatic heterocycles. The van der Waals surface area contributed by atoms with E-state index in [2.05, 4.69) is 5.32 Å². The van der Waals surface area contributed by atoms with E-state index in [1.54, 1.807) is 0 Å². The molecule has 2 aromatic carbocycles. The van der Waals surface area contributed by atoms with Gasteiger partial charge in [-0.25, -0.2) is 18.0 Å². The topological polar surface area (TPSA) is 55.4 Å². The summed E-state index contributed by atoms with van der Waals surface area (Å²) in [6, 6.07) is 5.91. The highest BCUT2D eigenvalue weighted by Crippen LogP contribution is 2.18. The Kier molecular flexibility index (Phi) is 5.46. The molecule has 8 heteroatoms. The molecule has 0 bridgehead atoms. The van der Waals surface area contributed by atoms with Crippen molar-refractivity contribution in [2.24, 2.45) is 0 Å². The summed E-state index contributed by atoms with van der Waals surface area (Å²) in [5.41, 5.74) is -0.672. The Balaban J connectivity index is 2.04. The number of carbonyl (C=O) groups excluding carboxylic acids is 2. The van der Waals surface area contributed by atoms with E-state index in [4.69, 9.17) is 16.3 Å². The summed E-state index contributed by atoms with van der Waals surface area (Å²) in [4.78, 5) is 23.7. The van der Waals surface area contributed by atoms with Gasteiger partial charge < -0.3 is 10.1 Å². The molecule has 1 atom stereocenters. The largest absolute Gasteiger partial charge is 0.449 e. The third-order valence-electron chi connectivity index (χ3n) is 2.99.